The van der Waals surface area contributed by atoms with Gasteiger partial charge in [-0.25, -0.2) is 0 Å². The first-order valence-corrected chi connectivity index (χ1v) is 2.85. The minimum atomic E-state index is 0. The van der Waals surface area contributed by atoms with Gasteiger partial charge in [-0.1, -0.05) is 0 Å². The number of hydrogen-bond acceptors (Lipinski definition) is 1. The molecule has 0 radical (unpaired) electrons. The van der Waals surface area contributed by atoms with Crippen LogP contribution >= 0.6 is 25.7 Å². The molecule has 56 valence electrons. The van der Waals surface area contributed by atoms with Gasteiger partial charge in [-0.15, -0.1) is 0 Å². The molecule has 0 aromatic carbocycles. The average molecular weight is 166 g/mol. The highest BCUT2D eigenvalue weighted by atomic mass is 32.1. The molecule has 0 heterocycles. The van der Waals surface area contributed by atoms with Crippen molar-refractivity contribution in [1.82, 2.24) is 9.80 Å². The zero-order valence-corrected chi connectivity index (χ0v) is 8.12. The van der Waals surface area contributed by atoms with Crippen molar-refractivity contribution in [2.24, 2.45) is 0 Å². The van der Waals surface area contributed by atoms with Gasteiger partial charge < -0.3 is 9.80 Å². The SMILES string of the molecule is CN(C)C(=S)N(C)C.S. The van der Waals surface area contributed by atoms with E-state index in [1.165, 1.54) is 0 Å². The van der Waals surface area contributed by atoms with Gasteiger partial charge in [0, 0.05) is 28.2 Å². The molecule has 2 nitrogen and oxygen atoms in total. The minimum Gasteiger partial charge on any atom is -0.355 e. The normalized spacial score (nSPS) is 7.56. The Labute approximate surface area is 69.3 Å². The first kappa shape index (κ1) is 11.8. The molecular weight excluding hydrogens is 152 g/mol. The third kappa shape index (κ3) is 4.54. The van der Waals surface area contributed by atoms with E-state index < -0.39 is 0 Å². The van der Waals surface area contributed by atoms with Crippen LogP contribution < -0.4 is 0 Å². The second-order valence-corrected chi connectivity index (χ2v) is 2.44. The summed E-state index contributed by atoms with van der Waals surface area (Å²) in [5.41, 5.74) is 0. The smallest absolute Gasteiger partial charge is 0.170 e. The van der Waals surface area contributed by atoms with E-state index in [9.17, 15) is 0 Å². The van der Waals surface area contributed by atoms with Gasteiger partial charge in [0.25, 0.3) is 0 Å². The van der Waals surface area contributed by atoms with E-state index in [0.29, 0.717) is 0 Å². The van der Waals surface area contributed by atoms with Crippen LogP contribution in [0, 0.1) is 0 Å². The van der Waals surface area contributed by atoms with E-state index >= 15 is 0 Å². The van der Waals surface area contributed by atoms with Crippen LogP contribution in [0.2, 0.25) is 0 Å². The lowest BCUT2D eigenvalue weighted by Crippen LogP contribution is -2.32. The maximum Gasteiger partial charge on any atom is 0.170 e. The van der Waals surface area contributed by atoms with Crippen molar-refractivity contribution in [3.63, 3.8) is 0 Å². The molecule has 0 aromatic rings. The summed E-state index contributed by atoms with van der Waals surface area (Å²) in [6.07, 6.45) is 0. The van der Waals surface area contributed by atoms with Crippen molar-refractivity contribution in [2.45, 2.75) is 0 Å². The molecular formula is C5H14N2S2. The van der Waals surface area contributed by atoms with Crippen molar-refractivity contribution in [2.75, 3.05) is 28.2 Å². The maximum atomic E-state index is 4.95. The first-order chi connectivity index (χ1) is 3.55. The molecule has 0 aliphatic rings. The summed E-state index contributed by atoms with van der Waals surface area (Å²) in [6, 6.07) is 0. The molecule has 0 saturated carbocycles. The van der Waals surface area contributed by atoms with Crippen LogP contribution in [0.3, 0.4) is 0 Å². The monoisotopic (exact) mass is 166 g/mol. The summed E-state index contributed by atoms with van der Waals surface area (Å²) in [7, 11) is 7.73. The van der Waals surface area contributed by atoms with E-state index in [4.69, 9.17) is 12.2 Å². The van der Waals surface area contributed by atoms with Gasteiger partial charge in [0.2, 0.25) is 0 Å². The first-order valence-electron chi connectivity index (χ1n) is 2.44. The Kier molecular flexibility index (Phi) is 6.39. The fraction of sp³-hybridized carbons (Fsp3) is 0.800. The Morgan fingerprint density at radius 2 is 1.22 bits per heavy atom. The summed E-state index contributed by atoms with van der Waals surface area (Å²) in [5, 5.41) is 0.852. The minimum absolute atomic E-state index is 0. The summed E-state index contributed by atoms with van der Waals surface area (Å²) < 4.78 is 0. The summed E-state index contributed by atoms with van der Waals surface area (Å²) in [5.74, 6) is 0. The molecule has 0 bridgehead atoms. The van der Waals surface area contributed by atoms with Crippen LogP contribution in [0.4, 0.5) is 0 Å². The molecule has 0 aromatic heterocycles. The molecule has 0 fully saturated rings. The van der Waals surface area contributed by atoms with Gasteiger partial charge in [-0.2, -0.15) is 13.5 Å². The topological polar surface area (TPSA) is 6.48 Å². The van der Waals surface area contributed by atoms with E-state index in [0.717, 1.165) is 5.11 Å². The van der Waals surface area contributed by atoms with Gasteiger partial charge in [0.15, 0.2) is 5.11 Å². The van der Waals surface area contributed by atoms with Crippen molar-refractivity contribution < 1.29 is 0 Å². The highest BCUT2D eigenvalue weighted by Gasteiger charge is 1.97. The van der Waals surface area contributed by atoms with Gasteiger partial charge in [-0.05, 0) is 12.2 Å². The molecule has 0 rings (SSSR count). The van der Waals surface area contributed by atoms with Gasteiger partial charge >= 0.3 is 0 Å². The van der Waals surface area contributed by atoms with Crippen LogP contribution in [0.1, 0.15) is 0 Å². The largest absolute Gasteiger partial charge is 0.355 e. The molecule has 0 aliphatic carbocycles. The number of hydrogen-bond donors (Lipinski definition) is 0. The standard InChI is InChI=1S/C5H12N2S.H2S/c1-6(2)5(8)7(3)4;/h1-4H3;1H2. The molecule has 0 N–H and O–H groups in total. The van der Waals surface area contributed by atoms with Crippen molar-refractivity contribution >= 4 is 30.8 Å². The maximum absolute atomic E-state index is 4.95. The van der Waals surface area contributed by atoms with Crippen molar-refractivity contribution in [3.8, 4) is 0 Å². The van der Waals surface area contributed by atoms with Crippen LogP contribution in [0.15, 0.2) is 0 Å². The van der Waals surface area contributed by atoms with Crippen LogP contribution in [-0.2, 0) is 0 Å². The van der Waals surface area contributed by atoms with Crippen molar-refractivity contribution in [3.05, 3.63) is 0 Å². The Morgan fingerprint density at radius 1 is 1.00 bits per heavy atom. The quantitative estimate of drug-likeness (QED) is 0.484. The zero-order chi connectivity index (χ0) is 6.73. The van der Waals surface area contributed by atoms with Gasteiger partial charge in [0.05, 0.1) is 0 Å². The molecule has 0 saturated heterocycles. The number of thiocarbonyl (C=S) groups is 1. The Hall–Kier alpha value is 0.0400. The third-order valence-electron chi connectivity index (χ3n) is 0.765. The third-order valence-corrected chi connectivity index (χ3v) is 1.50. The average Bonchev–Trinajstić information content (AvgIpc) is 1.64. The van der Waals surface area contributed by atoms with Crippen LogP contribution in [0.5, 0.6) is 0 Å². The molecule has 9 heavy (non-hydrogen) atoms. The van der Waals surface area contributed by atoms with Gasteiger partial charge in [-0.3, -0.25) is 0 Å². The second kappa shape index (κ2) is 4.88. The van der Waals surface area contributed by atoms with Crippen LogP contribution in [-0.4, -0.2) is 43.1 Å². The fourth-order valence-electron chi connectivity index (χ4n) is 0.400. The lowest BCUT2D eigenvalue weighted by atomic mass is 10.8. The summed E-state index contributed by atoms with van der Waals surface area (Å²) in [4.78, 5) is 3.80. The lowest BCUT2D eigenvalue weighted by molar-refractivity contribution is 0.501. The fourth-order valence-corrected chi connectivity index (χ4v) is 0.400. The lowest BCUT2D eigenvalue weighted by Gasteiger charge is -2.20. The molecule has 4 heteroatoms. The van der Waals surface area contributed by atoms with E-state index in [2.05, 4.69) is 0 Å². The van der Waals surface area contributed by atoms with E-state index in [1.807, 2.05) is 38.0 Å². The molecule has 0 spiro atoms. The van der Waals surface area contributed by atoms with Gasteiger partial charge in [0.1, 0.15) is 0 Å². The molecule has 0 unspecified atom stereocenters. The Balaban J connectivity index is 0. The van der Waals surface area contributed by atoms with E-state index in [-0.39, 0.29) is 13.5 Å². The van der Waals surface area contributed by atoms with Crippen molar-refractivity contribution in [1.29, 1.82) is 0 Å². The second-order valence-electron chi connectivity index (χ2n) is 2.07. The Morgan fingerprint density at radius 3 is 1.22 bits per heavy atom. The van der Waals surface area contributed by atoms with Crippen LogP contribution in [0.25, 0.3) is 0 Å². The number of nitrogens with zero attached hydrogens (tertiary/aromatic N) is 2. The highest BCUT2D eigenvalue weighted by Crippen LogP contribution is 1.84. The predicted molar refractivity (Wildman–Crippen MR) is 50.4 cm³/mol. The highest BCUT2D eigenvalue weighted by molar-refractivity contribution is 7.80. The van der Waals surface area contributed by atoms with E-state index in [1.54, 1.807) is 0 Å². The molecule has 0 atom stereocenters. The predicted octanol–water partition coefficient (Wildman–Crippen LogP) is 0.507. The Bertz CT molecular complexity index is 81.0. The summed E-state index contributed by atoms with van der Waals surface area (Å²) >= 11 is 4.95. The molecule has 0 aliphatic heterocycles. The molecule has 0 amide bonds. The summed E-state index contributed by atoms with van der Waals surface area (Å²) in [6.45, 7) is 0. The number of rotatable bonds is 0. The zero-order valence-electron chi connectivity index (χ0n) is 6.30.